The van der Waals surface area contributed by atoms with E-state index < -0.39 is 0 Å². The summed E-state index contributed by atoms with van der Waals surface area (Å²) in [5.74, 6) is 1.60. The molecule has 1 aliphatic heterocycles. The van der Waals surface area contributed by atoms with E-state index in [0.29, 0.717) is 54.7 Å². The van der Waals surface area contributed by atoms with Crippen molar-refractivity contribution in [3.8, 4) is 28.6 Å². The lowest BCUT2D eigenvalue weighted by molar-refractivity contribution is 0.0995. The van der Waals surface area contributed by atoms with E-state index in [4.69, 9.17) is 4.98 Å². The second-order valence-corrected chi connectivity index (χ2v) is 10.6. The number of carbonyl (C=O) groups is 1. The summed E-state index contributed by atoms with van der Waals surface area (Å²) >= 11 is 0. The van der Waals surface area contributed by atoms with Crippen LogP contribution in [0.25, 0.3) is 22.5 Å². The zero-order valence-electron chi connectivity index (χ0n) is 22.6. The van der Waals surface area contributed by atoms with Gasteiger partial charge in [-0.1, -0.05) is 25.1 Å². The molecule has 0 saturated heterocycles. The van der Waals surface area contributed by atoms with Crippen LogP contribution in [0.4, 0.5) is 5.82 Å². The lowest BCUT2D eigenvalue weighted by Crippen LogP contribution is -2.26. The van der Waals surface area contributed by atoms with E-state index in [1.165, 1.54) is 0 Å². The zero-order chi connectivity index (χ0) is 27.8. The van der Waals surface area contributed by atoms with E-state index in [0.717, 1.165) is 46.4 Å². The fourth-order valence-corrected chi connectivity index (χ4v) is 5.17. The minimum absolute atomic E-state index is 0.0646. The van der Waals surface area contributed by atoms with Crippen LogP contribution in [-0.2, 0) is 20.1 Å². The van der Waals surface area contributed by atoms with E-state index in [2.05, 4.69) is 27.6 Å². The number of anilines is 1. The van der Waals surface area contributed by atoms with Crippen LogP contribution in [0, 0.1) is 11.3 Å². The average Bonchev–Trinajstić information content (AvgIpc) is 3.67. The predicted octanol–water partition coefficient (Wildman–Crippen LogP) is 4.31. The highest BCUT2D eigenvalue weighted by molar-refractivity contribution is 6.10. The first-order valence-corrected chi connectivity index (χ1v) is 13.7. The Morgan fingerprint density at radius 2 is 1.98 bits per heavy atom. The van der Waals surface area contributed by atoms with Gasteiger partial charge in [-0.05, 0) is 71.8 Å². The van der Waals surface area contributed by atoms with Crippen molar-refractivity contribution in [2.24, 2.45) is 7.05 Å². The minimum atomic E-state index is -0.379. The van der Waals surface area contributed by atoms with Crippen molar-refractivity contribution in [2.45, 2.75) is 51.3 Å². The predicted molar refractivity (Wildman–Crippen MR) is 151 cm³/mol. The van der Waals surface area contributed by atoms with Gasteiger partial charge in [0, 0.05) is 42.9 Å². The van der Waals surface area contributed by atoms with Crippen LogP contribution >= 0.6 is 0 Å². The Hall–Kier alpha value is -4.39. The van der Waals surface area contributed by atoms with Crippen LogP contribution in [-0.4, -0.2) is 43.4 Å². The first-order valence-electron chi connectivity index (χ1n) is 13.7. The standard InChI is InChI=1S/C31H31N7O2/c1-3-24(39)16-33-15-20-4-6-22-17-38(31(40)26(22)11-20)29-13-23(12-28(35-29)21-7-8-21)25-9-5-19(14-32)10-27(25)30-36-34-18-37(30)2/h4-6,9-13,18,21,24,33,39H,3,7-8,15-17H2,1-2H3. The number of aliphatic hydroxyl groups excluding tert-OH is 1. The first-order chi connectivity index (χ1) is 19.4. The van der Waals surface area contributed by atoms with Crippen molar-refractivity contribution in [1.82, 2.24) is 25.1 Å². The molecule has 2 aromatic carbocycles. The molecular formula is C31H31N7O2. The normalized spacial score (nSPS) is 15.2. The number of carbonyl (C=O) groups excluding carboxylic acids is 1. The van der Waals surface area contributed by atoms with Crippen LogP contribution in [0.15, 0.2) is 54.9 Å². The summed E-state index contributed by atoms with van der Waals surface area (Å²) in [6.07, 6.45) is 4.12. The molecule has 4 aromatic rings. The van der Waals surface area contributed by atoms with Gasteiger partial charge in [0.25, 0.3) is 5.91 Å². The smallest absolute Gasteiger partial charge is 0.260 e. The molecule has 0 bridgehead atoms. The summed E-state index contributed by atoms with van der Waals surface area (Å²) in [6, 6.07) is 17.9. The number of hydrogen-bond acceptors (Lipinski definition) is 7. The maximum Gasteiger partial charge on any atom is 0.260 e. The molecular weight excluding hydrogens is 502 g/mol. The Bertz CT molecular complexity index is 1630. The molecule has 0 radical (unpaired) electrons. The molecule has 9 heteroatoms. The summed E-state index contributed by atoms with van der Waals surface area (Å²) in [7, 11) is 1.88. The number of benzene rings is 2. The molecule has 40 heavy (non-hydrogen) atoms. The summed E-state index contributed by atoms with van der Waals surface area (Å²) in [6.45, 7) is 3.51. The third-order valence-electron chi connectivity index (χ3n) is 7.67. The zero-order valence-corrected chi connectivity index (χ0v) is 22.6. The van der Waals surface area contributed by atoms with Crippen molar-refractivity contribution < 1.29 is 9.90 Å². The van der Waals surface area contributed by atoms with Crippen molar-refractivity contribution in [3.05, 3.63) is 82.8 Å². The number of nitriles is 1. The molecule has 3 heterocycles. The lowest BCUT2D eigenvalue weighted by atomic mass is 9.96. The number of nitrogens with zero attached hydrogens (tertiary/aromatic N) is 6. The highest BCUT2D eigenvalue weighted by Crippen LogP contribution is 2.43. The third kappa shape index (κ3) is 4.99. The van der Waals surface area contributed by atoms with Crippen molar-refractivity contribution >= 4 is 11.7 Å². The summed E-state index contributed by atoms with van der Waals surface area (Å²) < 4.78 is 1.83. The SMILES string of the molecule is CCC(O)CNCc1ccc2c(c1)C(=O)N(c1cc(-c3ccc(C#N)cc3-c3nncn3C)cc(C3CC3)n1)C2. The highest BCUT2D eigenvalue weighted by Gasteiger charge is 2.32. The van der Waals surface area contributed by atoms with E-state index in [1.54, 1.807) is 17.3 Å². The summed E-state index contributed by atoms with van der Waals surface area (Å²) in [4.78, 5) is 20.4. The molecule has 1 saturated carbocycles. The Labute approximate surface area is 233 Å². The fraction of sp³-hybridized carbons (Fsp3) is 0.323. The van der Waals surface area contributed by atoms with Gasteiger partial charge in [-0.15, -0.1) is 10.2 Å². The summed E-state index contributed by atoms with van der Waals surface area (Å²) in [5.41, 5.74) is 6.82. The summed E-state index contributed by atoms with van der Waals surface area (Å²) in [5, 5.41) is 31.0. The molecule has 1 fully saturated rings. The van der Waals surface area contributed by atoms with Crippen LogP contribution in [0.1, 0.15) is 64.8 Å². The number of aryl methyl sites for hydroxylation is 1. The Balaban J connectivity index is 1.35. The molecule has 202 valence electrons. The lowest BCUT2D eigenvalue weighted by Gasteiger charge is -2.18. The number of pyridine rings is 1. The highest BCUT2D eigenvalue weighted by atomic mass is 16.3. The number of rotatable bonds is 9. The Morgan fingerprint density at radius 1 is 1.12 bits per heavy atom. The maximum absolute atomic E-state index is 13.7. The Morgan fingerprint density at radius 3 is 2.70 bits per heavy atom. The molecule has 1 aliphatic carbocycles. The fourth-order valence-electron chi connectivity index (χ4n) is 5.17. The van der Waals surface area contributed by atoms with Gasteiger partial charge < -0.3 is 15.0 Å². The first kappa shape index (κ1) is 25.9. The minimum Gasteiger partial charge on any atom is -0.392 e. The second-order valence-electron chi connectivity index (χ2n) is 10.6. The van der Waals surface area contributed by atoms with Crippen molar-refractivity contribution in [1.29, 1.82) is 5.26 Å². The molecule has 1 unspecified atom stereocenters. The van der Waals surface area contributed by atoms with Crippen LogP contribution < -0.4 is 10.2 Å². The van der Waals surface area contributed by atoms with Gasteiger partial charge in [-0.3, -0.25) is 9.69 Å². The number of hydrogen-bond donors (Lipinski definition) is 2. The van der Waals surface area contributed by atoms with E-state index in [1.807, 2.05) is 54.9 Å². The largest absolute Gasteiger partial charge is 0.392 e. The maximum atomic E-state index is 13.7. The number of aromatic nitrogens is 4. The van der Waals surface area contributed by atoms with Gasteiger partial charge >= 0.3 is 0 Å². The average molecular weight is 534 g/mol. The molecule has 2 aliphatic rings. The molecule has 1 amide bonds. The molecule has 9 nitrogen and oxygen atoms in total. The van der Waals surface area contributed by atoms with Crippen LogP contribution in [0.3, 0.4) is 0 Å². The van der Waals surface area contributed by atoms with Crippen molar-refractivity contribution in [3.63, 3.8) is 0 Å². The van der Waals surface area contributed by atoms with Gasteiger partial charge in [0.05, 0.1) is 24.3 Å². The number of amides is 1. The quantitative estimate of drug-likeness (QED) is 0.329. The number of fused-ring (bicyclic) bond motifs is 1. The van der Waals surface area contributed by atoms with E-state index in [9.17, 15) is 15.2 Å². The van der Waals surface area contributed by atoms with Gasteiger partial charge in [0.15, 0.2) is 5.82 Å². The van der Waals surface area contributed by atoms with Crippen LogP contribution in [0.2, 0.25) is 0 Å². The monoisotopic (exact) mass is 533 g/mol. The molecule has 2 N–H and O–H groups in total. The van der Waals surface area contributed by atoms with Gasteiger partial charge in [0.2, 0.25) is 0 Å². The van der Waals surface area contributed by atoms with Crippen molar-refractivity contribution in [2.75, 3.05) is 11.4 Å². The van der Waals surface area contributed by atoms with E-state index in [-0.39, 0.29) is 12.0 Å². The molecule has 6 rings (SSSR count). The van der Waals surface area contributed by atoms with E-state index >= 15 is 0 Å². The molecule has 0 spiro atoms. The Kier molecular flexibility index (Phi) is 6.88. The number of aliphatic hydroxyl groups is 1. The van der Waals surface area contributed by atoms with Gasteiger partial charge in [0.1, 0.15) is 12.1 Å². The topological polar surface area (TPSA) is 120 Å². The third-order valence-corrected chi connectivity index (χ3v) is 7.67. The number of nitrogens with one attached hydrogen (secondary N) is 1. The molecule has 2 aromatic heterocycles. The van der Waals surface area contributed by atoms with Gasteiger partial charge in [-0.25, -0.2) is 4.98 Å². The van der Waals surface area contributed by atoms with Crippen LogP contribution in [0.5, 0.6) is 0 Å². The van der Waals surface area contributed by atoms with Gasteiger partial charge in [-0.2, -0.15) is 5.26 Å². The second kappa shape index (κ2) is 10.6. The molecule has 1 atom stereocenters.